The Balaban J connectivity index is 1.30. The lowest BCUT2D eigenvalue weighted by Crippen LogP contribution is -2.28. The predicted octanol–water partition coefficient (Wildman–Crippen LogP) is 20.1. The van der Waals surface area contributed by atoms with Gasteiger partial charge in [0, 0.05) is 25.3 Å². The molecule has 7 heteroatoms. The molecular formula is C65H102N6O. The Morgan fingerprint density at radius 1 is 0.375 bits per heavy atom. The highest BCUT2D eigenvalue weighted by Crippen LogP contribution is 2.23. The SMILES string of the molecule is CCCCCCCCCCCCNc1nc(Nc2ccc(/C=C/c3ccc(/C=C/c4ccc(OCCCCCCCCCCCC)cc4)cc3)cc2)nc(N(CCCCCCCC)CCCCCCCC)n1. The number of nitrogens with zero attached hydrogens (tertiary/aromatic N) is 4. The molecule has 1 heterocycles. The number of anilines is 4. The molecule has 0 atom stereocenters. The Kier molecular flexibility index (Phi) is 33.9. The summed E-state index contributed by atoms with van der Waals surface area (Å²) < 4.78 is 6.04. The van der Waals surface area contributed by atoms with Crippen molar-refractivity contribution in [3.63, 3.8) is 0 Å². The van der Waals surface area contributed by atoms with Gasteiger partial charge in [0.2, 0.25) is 17.8 Å². The van der Waals surface area contributed by atoms with E-state index in [1.165, 1.54) is 196 Å². The van der Waals surface area contributed by atoms with Crippen LogP contribution in [0.25, 0.3) is 24.3 Å². The van der Waals surface area contributed by atoms with Crippen molar-refractivity contribution in [1.29, 1.82) is 0 Å². The zero-order valence-electron chi connectivity index (χ0n) is 46.4. The second-order valence-corrected chi connectivity index (χ2v) is 20.6. The van der Waals surface area contributed by atoms with Gasteiger partial charge in [0.25, 0.3) is 0 Å². The van der Waals surface area contributed by atoms with Crippen LogP contribution in [0.2, 0.25) is 0 Å². The Bertz CT molecular complexity index is 1930. The molecular weight excluding hydrogens is 881 g/mol. The first-order valence-electron chi connectivity index (χ1n) is 29.9. The van der Waals surface area contributed by atoms with Crippen molar-refractivity contribution in [3.05, 3.63) is 95.1 Å². The number of ether oxygens (including phenoxy) is 1. The van der Waals surface area contributed by atoms with Gasteiger partial charge in [0.1, 0.15) is 5.75 Å². The van der Waals surface area contributed by atoms with Gasteiger partial charge in [0.05, 0.1) is 6.61 Å². The maximum Gasteiger partial charge on any atom is 0.233 e. The van der Waals surface area contributed by atoms with Crippen molar-refractivity contribution in [2.24, 2.45) is 0 Å². The molecule has 0 aliphatic carbocycles. The number of aromatic nitrogens is 3. The molecule has 0 aliphatic heterocycles. The van der Waals surface area contributed by atoms with Crippen LogP contribution in [0.4, 0.5) is 23.5 Å². The quantitative estimate of drug-likeness (QED) is 0.0338. The Morgan fingerprint density at radius 3 is 1.15 bits per heavy atom. The molecule has 0 bridgehead atoms. The van der Waals surface area contributed by atoms with Gasteiger partial charge in [-0.05, 0) is 72.2 Å². The molecule has 0 saturated heterocycles. The van der Waals surface area contributed by atoms with Gasteiger partial charge in [0.15, 0.2) is 0 Å². The minimum atomic E-state index is 0.597. The summed E-state index contributed by atoms with van der Waals surface area (Å²) in [4.78, 5) is 17.5. The van der Waals surface area contributed by atoms with Gasteiger partial charge in [-0.25, -0.2) is 0 Å². The number of benzene rings is 3. The summed E-state index contributed by atoms with van der Waals surface area (Å²) >= 11 is 0. The van der Waals surface area contributed by atoms with Crippen LogP contribution < -0.4 is 20.3 Å². The fourth-order valence-electron chi connectivity index (χ4n) is 9.30. The van der Waals surface area contributed by atoms with Crippen LogP contribution in [0.3, 0.4) is 0 Å². The van der Waals surface area contributed by atoms with Gasteiger partial charge in [-0.15, -0.1) is 0 Å². The minimum Gasteiger partial charge on any atom is -0.494 e. The molecule has 0 saturated carbocycles. The van der Waals surface area contributed by atoms with Gasteiger partial charge < -0.3 is 20.3 Å². The highest BCUT2D eigenvalue weighted by Gasteiger charge is 2.15. The van der Waals surface area contributed by atoms with Crippen LogP contribution in [0.5, 0.6) is 5.75 Å². The first-order chi connectivity index (χ1) is 35.6. The fraction of sp³-hybridized carbons (Fsp3) is 0.615. The molecule has 7 nitrogen and oxygen atoms in total. The van der Waals surface area contributed by atoms with E-state index < -0.39 is 0 Å². The van der Waals surface area contributed by atoms with E-state index in [0.29, 0.717) is 11.9 Å². The first-order valence-corrected chi connectivity index (χ1v) is 29.9. The number of hydrogen-bond donors (Lipinski definition) is 2. The Hall–Kier alpha value is -4.65. The molecule has 1 aromatic heterocycles. The van der Waals surface area contributed by atoms with Crippen molar-refractivity contribution >= 4 is 47.8 Å². The van der Waals surface area contributed by atoms with Crippen LogP contribution in [-0.2, 0) is 0 Å². The maximum absolute atomic E-state index is 6.04. The van der Waals surface area contributed by atoms with E-state index in [1.807, 2.05) is 0 Å². The molecule has 0 radical (unpaired) electrons. The molecule has 4 rings (SSSR count). The van der Waals surface area contributed by atoms with Crippen molar-refractivity contribution in [3.8, 4) is 5.75 Å². The highest BCUT2D eigenvalue weighted by atomic mass is 16.5. The number of nitrogens with one attached hydrogen (secondary N) is 2. The summed E-state index contributed by atoms with van der Waals surface area (Å²) in [6.45, 7) is 12.8. The molecule has 0 amide bonds. The zero-order chi connectivity index (χ0) is 50.8. The number of hydrogen-bond acceptors (Lipinski definition) is 7. The molecule has 4 aromatic rings. The molecule has 72 heavy (non-hydrogen) atoms. The van der Waals surface area contributed by atoms with Gasteiger partial charge in [-0.1, -0.05) is 280 Å². The standard InChI is InChI=1S/C65H102N6O/c1-5-9-13-17-21-23-25-27-29-33-53-66-63-68-64(70-65(69-63)71(54-34-30-19-15-11-7-3)55-35-31-20-16-12-8-4)67-61-49-45-59(46-50-61)43-41-57-37-39-58(40-38-57)42-44-60-47-51-62(52-48-60)72-56-36-32-28-26-24-22-18-14-10-6-2/h37-52H,5-36,53-56H2,1-4H3,(H2,66,67,68,69,70)/b43-41+,44-42+. The molecule has 0 spiro atoms. The number of unbranched alkanes of at least 4 members (excludes halogenated alkanes) is 28. The lowest BCUT2D eigenvalue weighted by Gasteiger charge is -2.24. The summed E-state index contributed by atoms with van der Waals surface area (Å²) in [5.74, 6) is 3.01. The fourth-order valence-corrected chi connectivity index (χ4v) is 9.30. The monoisotopic (exact) mass is 983 g/mol. The molecule has 0 fully saturated rings. The van der Waals surface area contributed by atoms with Gasteiger partial charge in [-0.3, -0.25) is 0 Å². The molecule has 3 aromatic carbocycles. The second kappa shape index (κ2) is 40.8. The average Bonchev–Trinajstić information content (AvgIpc) is 3.40. The van der Waals surface area contributed by atoms with Gasteiger partial charge >= 0.3 is 0 Å². The lowest BCUT2D eigenvalue weighted by molar-refractivity contribution is 0.304. The third kappa shape index (κ3) is 28.6. The summed E-state index contributed by atoms with van der Waals surface area (Å²) in [5.41, 5.74) is 5.62. The third-order valence-corrected chi connectivity index (χ3v) is 14.0. The topological polar surface area (TPSA) is 75.2 Å². The van der Waals surface area contributed by atoms with E-state index in [2.05, 4.69) is 140 Å². The summed E-state index contributed by atoms with van der Waals surface area (Å²) in [7, 11) is 0. The second-order valence-electron chi connectivity index (χ2n) is 20.6. The van der Waals surface area contributed by atoms with Crippen LogP contribution in [0.15, 0.2) is 72.8 Å². The smallest absolute Gasteiger partial charge is 0.233 e. The largest absolute Gasteiger partial charge is 0.494 e. The van der Waals surface area contributed by atoms with E-state index in [4.69, 9.17) is 19.7 Å². The van der Waals surface area contributed by atoms with Crippen molar-refractivity contribution in [1.82, 2.24) is 15.0 Å². The Labute approximate surface area is 441 Å². The van der Waals surface area contributed by atoms with Crippen LogP contribution in [-0.4, -0.2) is 41.2 Å². The third-order valence-electron chi connectivity index (χ3n) is 14.0. The van der Waals surface area contributed by atoms with E-state index in [0.717, 1.165) is 74.9 Å². The van der Waals surface area contributed by atoms with Crippen LogP contribution in [0, 0.1) is 0 Å². The summed E-state index contributed by atoms with van der Waals surface area (Å²) in [5, 5.41) is 7.16. The van der Waals surface area contributed by atoms with Crippen LogP contribution in [0.1, 0.15) is 255 Å². The zero-order valence-corrected chi connectivity index (χ0v) is 46.4. The van der Waals surface area contributed by atoms with E-state index in [9.17, 15) is 0 Å². The molecule has 0 aliphatic rings. The Morgan fingerprint density at radius 2 is 0.722 bits per heavy atom. The molecule has 398 valence electrons. The van der Waals surface area contributed by atoms with Crippen LogP contribution >= 0.6 is 0 Å². The maximum atomic E-state index is 6.04. The minimum absolute atomic E-state index is 0.597. The molecule has 0 unspecified atom stereocenters. The van der Waals surface area contributed by atoms with E-state index in [1.54, 1.807) is 0 Å². The lowest BCUT2D eigenvalue weighted by atomic mass is 10.1. The molecule has 2 N–H and O–H groups in total. The number of rotatable bonds is 45. The highest BCUT2D eigenvalue weighted by molar-refractivity contribution is 5.73. The van der Waals surface area contributed by atoms with Gasteiger partial charge in [-0.2, -0.15) is 15.0 Å². The van der Waals surface area contributed by atoms with E-state index >= 15 is 0 Å². The van der Waals surface area contributed by atoms with E-state index in [-0.39, 0.29) is 0 Å². The van der Waals surface area contributed by atoms with Crippen molar-refractivity contribution in [2.75, 3.05) is 41.8 Å². The van der Waals surface area contributed by atoms with Crippen molar-refractivity contribution in [2.45, 2.75) is 233 Å². The first kappa shape index (κ1) is 59.9. The summed E-state index contributed by atoms with van der Waals surface area (Å²) in [6.07, 6.45) is 50.6. The normalized spacial score (nSPS) is 11.6. The summed E-state index contributed by atoms with van der Waals surface area (Å²) in [6, 6.07) is 25.7. The van der Waals surface area contributed by atoms with Crippen molar-refractivity contribution < 1.29 is 4.74 Å². The average molecular weight is 984 g/mol. The predicted molar refractivity (Wildman–Crippen MR) is 317 cm³/mol.